The number of nitrogens with one attached hydrogen (secondary N) is 1. The highest BCUT2D eigenvalue weighted by Gasteiger charge is 2.45. The summed E-state index contributed by atoms with van der Waals surface area (Å²) in [4.78, 5) is 23.3. The van der Waals surface area contributed by atoms with Gasteiger partial charge in [0.1, 0.15) is 11.3 Å². The lowest BCUT2D eigenvalue weighted by Gasteiger charge is -2.38. The molecule has 1 unspecified atom stereocenters. The van der Waals surface area contributed by atoms with Crippen molar-refractivity contribution in [1.29, 1.82) is 0 Å². The molecule has 2 N–H and O–H groups in total. The zero-order valence-electron chi connectivity index (χ0n) is 12.0. The largest absolute Gasteiger partial charge is 0.480 e. The third-order valence-electron chi connectivity index (χ3n) is 4.07. The van der Waals surface area contributed by atoms with Gasteiger partial charge in [0.2, 0.25) is 5.91 Å². The monoisotopic (exact) mass is 280 g/mol. The summed E-state index contributed by atoms with van der Waals surface area (Å²) >= 11 is 0. The van der Waals surface area contributed by atoms with E-state index in [9.17, 15) is 14.7 Å². The molecule has 110 valence electrons. The SMILES string of the molecule is Cc1noc(C)c1C(C)CC(=O)NC1(C(=O)O)CCC1. The van der Waals surface area contributed by atoms with Crippen LogP contribution in [0.15, 0.2) is 4.52 Å². The standard InChI is InChI=1S/C14H20N2O4/c1-8(12-9(2)16-20-10(12)3)7-11(17)15-14(13(18)19)5-4-6-14/h8H,4-7H2,1-3H3,(H,15,17)(H,18,19). The number of aliphatic carboxylic acids is 1. The molecular weight excluding hydrogens is 260 g/mol. The first kappa shape index (κ1) is 14.6. The highest BCUT2D eigenvalue weighted by molar-refractivity contribution is 5.88. The van der Waals surface area contributed by atoms with Crippen LogP contribution in [0.4, 0.5) is 0 Å². The van der Waals surface area contributed by atoms with E-state index in [2.05, 4.69) is 10.5 Å². The molecule has 0 aliphatic heterocycles. The molecule has 1 aliphatic rings. The molecule has 0 saturated heterocycles. The maximum Gasteiger partial charge on any atom is 0.329 e. The molecular formula is C14H20N2O4. The summed E-state index contributed by atoms with van der Waals surface area (Å²) in [5.74, 6) is -0.520. The van der Waals surface area contributed by atoms with E-state index in [1.54, 1.807) is 0 Å². The molecule has 1 fully saturated rings. The van der Waals surface area contributed by atoms with E-state index in [0.29, 0.717) is 18.6 Å². The second-order valence-corrected chi connectivity index (χ2v) is 5.63. The van der Waals surface area contributed by atoms with E-state index < -0.39 is 11.5 Å². The Morgan fingerprint density at radius 3 is 2.50 bits per heavy atom. The molecule has 6 heteroatoms. The normalized spacial score (nSPS) is 18.1. The minimum absolute atomic E-state index is 0.0489. The second kappa shape index (κ2) is 5.26. The molecule has 0 spiro atoms. The predicted molar refractivity (Wildman–Crippen MR) is 71.4 cm³/mol. The number of aryl methyl sites for hydroxylation is 2. The lowest BCUT2D eigenvalue weighted by atomic mass is 9.76. The average molecular weight is 280 g/mol. The van der Waals surface area contributed by atoms with Gasteiger partial charge in [-0.3, -0.25) is 4.79 Å². The fraction of sp³-hybridized carbons (Fsp3) is 0.643. The van der Waals surface area contributed by atoms with Crippen molar-refractivity contribution in [2.45, 2.75) is 57.9 Å². The van der Waals surface area contributed by atoms with Crippen LogP contribution >= 0.6 is 0 Å². The Kier molecular flexibility index (Phi) is 3.83. The van der Waals surface area contributed by atoms with Crippen molar-refractivity contribution in [1.82, 2.24) is 10.5 Å². The van der Waals surface area contributed by atoms with Crippen molar-refractivity contribution in [3.63, 3.8) is 0 Å². The molecule has 6 nitrogen and oxygen atoms in total. The quantitative estimate of drug-likeness (QED) is 0.859. The van der Waals surface area contributed by atoms with E-state index in [4.69, 9.17) is 4.52 Å². The first-order chi connectivity index (χ1) is 9.35. The Morgan fingerprint density at radius 1 is 1.45 bits per heavy atom. The maximum atomic E-state index is 12.1. The fourth-order valence-corrected chi connectivity index (χ4v) is 2.81. The molecule has 1 aromatic heterocycles. The Bertz CT molecular complexity index is 512. The van der Waals surface area contributed by atoms with Gasteiger partial charge in [0.25, 0.3) is 0 Å². The van der Waals surface area contributed by atoms with Crippen LogP contribution < -0.4 is 5.32 Å². The molecule has 1 aromatic rings. The summed E-state index contributed by atoms with van der Waals surface area (Å²) in [5, 5.41) is 15.7. The van der Waals surface area contributed by atoms with E-state index >= 15 is 0 Å². The zero-order chi connectivity index (χ0) is 14.9. The highest BCUT2D eigenvalue weighted by Crippen LogP contribution is 2.33. The van der Waals surface area contributed by atoms with Crippen LogP contribution in [0.25, 0.3) is 0 Å². The van der Waals surface area contributed by atoms with Crippen molar-refractivity contribution < 1.29 is 19.2 Å². The Balaban J connectivity index is 2.00. The first-order valence-corrected chi connectivity index (χ1v) is 6.83. The summed E-state index contributed by atoms with van der Waals surface area (Å²) in [5.41, 5.74) is 0.660. The second-order valence-electron chi connectivity index (χ2n) is 5.63. The van der Waals surface area contributed by atoms with E-state index in [-0.39, 0.29) is 18.2 Å². The summed E-state index contributed by atoms with van der Waals surface area (Å²) in [6.07, 6.45) is 2.09. The molecule has 0 bridgehead atoms. The van der Waals surface area contributed by atoms with Crippen molar-refractivity contribution >= 4 is 11.9 Å². The van der Waals surface area contributed by atoms with Crippen LogP contribution in [-0.2, 0) is 9.59 Å². The van der Waals surface area contributed by atoms with Gasteiger partial charge in [-0.05, 0) is 39.0 Å². The van der Waals surface area contributed by atoms with Gasteiger partial charge in [-0.25, -0.2) is 4.79 Å². The number of hydrogen-bond acceptors (Lipinski definition) is 4. The number of carbonyl (C=O) groups excluding carboxylic acids is 1. The van der Waals surface area contributed by atoms with Gasteiger partial charge >= 0.3 is 5.97 Å². The summed E-state index contributed by atoms with van der Waals surface area (Å²) < 4.78 is 5.09. The molecule has 1 aliphatic carbocycles. The Hall–Kier alpha value is -1.85. The van der Waals surface area contributed by atoms with Crippen molar-refractivity contribution in [3.8, 4) is 0 Å². The zero-order valence-corrected chi connectivity index (χ0v) is 12.0. The number of carbonyl (C=O) groups is 2. The number of hydrogen-bond donors (Lipinski definition) is 2. The van der Waals surface area contributed by atoms with E-state index in [0.717, 1.165) is 17.7 Å². The van der Waals surface area contributed by atoms with Crippen LogP contribution in [0.5, 0.6) is 0 Å². The van der Waals surface area contributed by atoms with Gasteiger partial charge < -0.3 is 14.9 Å². The minimum Gasteiger partial charge on any atom is -0.480 e. The van der Waals surface area contributed by atoms with Crippen LogP contribution in [0, 0.1) is 13.8 Å². The van der Waals surface area contributed by atoms with Gasteiger partial charge in [0.15, 0.2) is 0 Å². The fourth-order valence-electron chi connectivity index (χ4n) is 2.81. The maximum absolute atomic E-state index is 12.1. The molecule has 0 aromatic carbocycles. The topological polar surface area (TPSA) is 92.4 Å². The van der Waals surface area contributed by atoms with Crippen LogP contribution in [0.3, 0.4) is 0 Å². The number of carboxylic acids is 1. The van der Waals surface area contributed by atoms with Crippen molar-refractivity contribution in [2.75, 3.05) is 0 Å². The van der Waals surface area contributed by atoms with Crippen LogP contribution in [-0.4, -0.2) is 27.7 Å². The van der Waals surface area contributed by atoms with Crippen molar-refractivity contribution in [3.05, 3.63) is 17.0 Å². The van der Waals surface area contributed by atoms with Crippen LogP contribution in [0.1, 0.15) is 55.5 Å². The number of carboxylic acid groups (broad SMARTS) is 1. The molecule has 1 amide bonds. The van der Waals surface area contributed by atoms with Gasteiger partial charge in [-0.1, -0.05) is 12.1 Å². The smallest absolute Gasteiger partial charge is 0.329 e. The number of rotatable bonds is 5. The molecule has 1 saturated carbocycles. The molecule has 2 rings (SSSR count). The van der Waals surface area contributed by atoms with E-state index in [1.807, 2.05) is 20.8 Å². The molecule has 1 atom stereocenters. The lowest BCUT2D eigenvalue weighted by Crippen LogP contribution is -2.59. The third-order valence-corrected chi connectivity index (χ3v) is 4.07. The number of nitrogens with zero attached hydrogens (tertiary/aromatic N) is 1. The van der Waals surface area contributed by atoms with Crippen molar-refractivity contribution in [2.24, 2.45) is 0 Å². The van der Waals surface area contributed by atoms with Gasteiger partial charge in [-0.15, -0.1) is 0 Å². The van der Waals surface area contributed by atoms with Gasteiger partial charge in [-0.2, -0.15) is 0 Å². The summed E-state index contributed by atoms with van der Waals surface area (Å²) in [6, 6.07) is 0. The highest BCUT2D eigenvalue weighted by atomic mass is 16.5. The van der Waals surface area contributed by atoms with E-state index in [1.165, 1.54) is 0 Å². The van der Waals surface area contributed by atoms with Gasteiger partial charge in [0.05, 0.1) is 5.69 Å². The number of amides is 1. The summed E-state index contributed by atoms with van der Waals surface area (Å²) in [6.45, 7) is 5.57. The van der Waals surface area contributed by atoms with Crippen LogP contribution in [0.2, 0.25) is 0 Å². The van der Waals surface area contributed by atoms with Gasteiger partial charge in [0, 0.05) is 12.0 Å². The average Bonchev–Trinajstić information content (AvgIpc) is 2.63. The Labute approximate surface area is 117 Å². The molecule has 1 heterocycles. The predicted octanol–water partition coefficient (Wildman–Crippen LogP) is 1.91. The minimum atomic E-state index is -1.05. The molecule has 20 heavy (non-hydrogen) atoms. The lowest BCUT2D eigenvalue weighted by molar-refractivity contribution is -0.151. The summed E-state index contributed by atoms with van der Waals surface area (Å²) in [7, 11) is 0. The Morgan fingerprint density at radius 2 is 2.10 bits per heavy atom. The number of aromatic nitrogens is 1. The first-order valence-electron chi connectivity index (χ1n) is 6.83. The third kappa shape index (κ3) is 2.55. The molecule has 0 radical (unpaired) electrons.